The molecule has 2 heterocycles. The minimum Gasteiger partial charge on any atom is -0.481 e. The first-order chi connectivity index (χ1) is 9.11. The van der Waals surface area contributed by atoms with Gasteiger partial charge >= 0.3 is 0 Å². The zero-order valence-electron chi connectivity index (χ0n) is 11.3. The van der Waals surface area contributed by atoms with Gasteiger partial charge in [-0.3, -0.25) is 0 Å². The van der Waals surface area contributed by atoms with Crippen molar-refractivity contribution in [2.24, 2.45) is 0 Å². The molecule has 0 aliphatic rings. The van der Waals surface area contributed by atoms with E-state index in [0.29, 0.717) is 11.7 Å². The third kappa shape index (κ3) is 2.91. The van der Waals surface area contributed by atoms with E-state index in [-0.39, 0.29) is 0 Å². The van der Waals surface area contributed by atoms with Crippen molar-refractivity contribution < 1.29 is 4.74 Å². The molecule has 0 spiro atoms. The molecule has 4 heteroatoms. The maximum Gasteiger partial charge on any atom is 0.212 e. The summed E-state index contributed by atoms with van der Waals surface area (Å²) in [4.78, 5) is 8.38. The van der Waals surface area contributed by atoms with Crippen LogP contribution < -0.4 is 10.5 Å². The maximum absolute atomic E-state index is 5.62. The van der Waals surface area contributed by atoms with E-state index >= 15 is 0 Å². The Bertz CT molecular complexity index is 582. The fraction of sp³-hybridized carbons (Fsp3) is 0.200. The monoisotopic (exact) mass is 255 g/mol. The molecular formula is C15H17N3O. The summed E-state index contributed by atoms with van der Waals surface area (Å²) in [5.41, 5.74) is 9.99. The lowest BCUT2D eigenvalue weighted by Gasteiger charge is -2.11. The van der Waals surface area contributed by atoms with Crippen molar-refractivity contribution in [3.8, 4) is 5.88 Å². The van der Waals surface area contributed by atoms with Crippen molar-refractivity contribution in [2.75, 3.05) is 12.8 Å². The molecule has 98 valence electrons. The summed E-state index contributed by atoms with van der Waals surface area (Å²) in [6, 6.07) is 7.61. The number of nitrogens with zero attached hydrogens (tertiary/aromatic N) is 2. The summed E-state index contributed by atoms with van der Waals surface area (Å²) in [7, 11) is 1.60. The number of nitrogens with two attached hydrogens (primary N) is 1. The van der Waals surface area contributed by atoms with Crippen LogP contribution in [-0.2, 0) is 0 Å². The molecule has 0 unspecified atom stereocenters. The Kier molecular flexibility index (Phi) is 3.80. The van der Waals surface area contributed by atoms with E-state index in [0.717, 1.165) is 16.7 Å². The number of hydrogen-bond donors (Lipinski definition) is 1. The number of rotatable bonds is 3. The second-order valence-corrected chi connectivity index (χ2v) is 4.44. The molecule has 2 N–H and O–H groups in total. The van der Waals surface area contributed by atoms with Crippen LogP contribution in [0.2, 0.25) is 0 Å². The van der Waals surface area contributed by atoms with Gasteiger partial charge in [-0.15, -0.1) is 0 Å². The van der Waals surface area contributed by atoms with Crippen molar-refractivity contribution in [1.82, 2.24) is 9.97 Å². The van der Waals surface area contributed by atoms with Gasteiger partial charge in [-0.2, -0.15) is 0 Å². The Morgan fingerprint density at radius 1 is 1.00 bits per heavy atom. The van der Waals surface area contributed by atoms with E-state index in [2.05, 4.69) is 23.8 Å². The lowest BCUT2D eigenvalue weighted by atomic mass is 9.97. The van der Waals surface area contributed by atoms with Gasteiger partial charge in [0.05, 0.1) is 7.11 Å². The van der Waals surface area contributed by atoms with Crippen LogP contribution in [0.15, 0.2) is 42.2 Å². The predicted molar refractivity (Wildman–Crippen MR) is 76.8 cm³/mol. The first-order valence-electron chi connectivity index (χ1n) is 6.01. The Balaban J connectivity index is 2.46. The van der Waals surface area contributed by atoms with Crippen molar-refractivity contribution in [3.05, 3.63) is 53.4 Å². The van der Waals surface area contributed by atoms with Gasteiger partial charge in [0.2, 0.25) is 5.88 Å². The number of allylic oxidation sites excluding steroid dienone is 1. The van der Waals surface area contributed by atoms with Gasteiger partial charge in [0, 0.05) is 29.6 Å². The molecule has 2 rings (SSSR count). The third-order valence-corrected chi connectivity index (χ3v) is 2.81. The minimum absolute atomic E-state index is 0.518. The Labute approximate surface area is 113 Å². The van der Waals surface area contributed by atoms with E-state index < -0.39 is 0 Å². The second-order valence-electron chi connectivity index (χ2n) is 4.44. The van der Waals surface area contributed by atoms with Crippen molar-refractivity contribution >= 4 is 11.4 Å². The molecule has 0 radical (unpaired) electrons. The molecule has 0 atom stereocenters. The summed E-state index contributed by atoms with van der Waals surface area (Å²) in [5, 5.41) is 0. The van der Waals surface area contributed by atoms with Crippen LogP contribution in [0.25, 0.3) is 5.57 Å². The highest BCUT2D eigenvalue weighted by Crippen LogP contribution is 2.27. The summed E-state index contributed by atoms with van der Waals surface area (Å²) < 4.78 is 5.07. The molecule has 4 nitrogen and oxygen atoms in total. The zero-order valence-corrected chi connectivity index (χ0v) is 11.3. The highest BCUT2D eigenvalue weighted by molar-refractivity contribution is 5.81. The first-order valence-corrected chi connectivity index (χ1v) is 6.01. The van der Waals surface area contributed by atoms with Gasteiger partial charge < -0.3 is 10.5 Å². The number of anilines is 1. The standard InChI is InChI=1S/C15H17N3O/c1-10(2)15(11-4-6-13(16)17-8-11)12-5-7-14(19-3)18-9-12/h4-9H,1-3H3,(H2,16,17). The van der Waals surface area contributed by atoms with E-state index in [1.54, 1.807) is 25.6 Å². The van der Waals surface area contributed by atoms with Crippen LogP contribution in [0.3, 0.4) is 0 Å². The van der Waals surface area contributed by atoms with Crippen LogP contribution >= 0.6 is 0 Å². The lowest BCUT2D eigenvalue weighted by molar-refractivity contribution is 0.398. The molecule has 0 aliphatic heterocycles. The highest BCUT2D eigenvalue weighted by Gasteiger charge is 2.08. The van der Waals surface area contributed by atoms with E-state index in [1.165, 1.54) is 5.57 Å². The summed E-state index contributed by atoms with van der Waals surface area (Å²) in [5.74, 6) is 1.12. The van der Waals surface area contributed by atoms with E-state index in [1.807, 2.05) is 18.2 Å². The topological polar surface area (TPSA) is 61.0 Å². The zero-order chi connectivity index (χ0) is 13.8. The average molecular weight is 255 g/mol. The van der Waals surface area contributed by atoms with Crippen LogP contribution in [0.4, 0.5) is 5.82 Å². The summed E-state index contributed by atoms with van der Waals surface area (Å²) >= 11 is 0. The van der Waals surface area contributed by atoms with Crippen LogP contribution in [0.1, 0.15) is 25.0 Å². The molecule has 0 aromatic carbocycles. The molecule has 19 heavy (non-hydrogen) atoms. The molecule has 0 saturated carbocycles. The molecule has 2 aromatic rings. The van der Waals surface area contributed by atoms with Gasteiger partial charge in [-0.25, -0.2) is 9.97 Å². The molecule has 0 bridgehead atoms. The molecule has 0 fully saturated rings. The molecule has 0 amide bonds. The van der Waals surface area contributed by atoms with Crippen LogP contribution in [0, 0.1) is 0 Å². The van der Waals surface area contributed by atoms with Gasteiger partial charge in [0.15, 0.2) is 0 Å². The Morgan fingerprint density at radius 2 is 1.63 bits per heavy atom. The van der Waals surface area contributed by atoms with Crippen LogP contribution in [0.5, 0.6) is 5.88 Å². The predicted octanol–water partition coefficient (Wildman–Crippen LogP) is 2.91. The van der Waals surface area contributed by atoms with E-state index in [4.69, 9.17) is 10.5 Å². The van der Waals surface area contributed by atoms with Gasteiger partial charge in [0.1, 0.15) is 5.82 Å². The van der Waals surface area contributed by atoms with Crippen molar-refractivity contribution in [2.45, 2.75) is 13.8 Å². The fourth-order valence-corrected chi connectivity index (χ4v) is 1.95. The van der Waals surface area contributed by atoms with Crippen LogP contribution in [-0.4, -0.2) is 17.1 Å². The first kappa shape index (κ1) is 13.1. The molecule has 0 saturated heterocycles. The van der Waals surface area contributed by atoms with Crippen molar-refractivity contribution in [1.29, 1.82) is 0 Å². The largest absolute Gasteiger partial charge is 0.481 e. The normalized spacial score (nSPS) is 10.1. The molecule has 0 aliphatic carbocycles. The number of hydrogen-bond acceptors (Lipinski definition) is 4. The number of ether oxygens (including phenoxy) is 1. The minimum atomic E-state index is 0.518. The Morgan fingerprint density at radius 3 is 2.05 bits per heavy atom. The third-order valence-electron chi connectivity index (χ3n) is 2.81. The number of aromatic nitrogens is 2. The van der Waals surface area contributed by atoms with E-state index in [9.17, 15) is 0 Å². The van der Waals surface area contributed by atoms with Gasteiger partial charge in [-0.05, 0) is 37.6 Å². The lowest BCUT2D eigenvalue weighted by Crippen LogP contribution is -1.96. The number of methoxy groups -OCH3 is 1. The maximum atomic E-state index is 5.62. The number of pyridine rings is 2. The quantitative estimate of drug-likeness (QED) is 0.916. The fourth-order valence-electron chi connectivity index (χ4n) is 1.95. The average Bonchev–Trinajstić information content (AvgIpc) is 2.42. The molecule has 2 aromatic heterocycles. The number of nitrogen functional groups attached to an aromatic ring is 1. The SMILES string of the molecule is COc1ccc(C(=C(C)C)c2ccc(N)nc2)cn1. The Hall–Kier alpha value is -2.36. The smallest absolute Gasteiger partial charge is 0.212 e. The highest BCUT2D eigenvalue weighted by atomic mass is 16.5. The second kappa shape index (κ2) is 5.52. The summed E-state index contributed by atoms with van der Waals surface area (Å²) in [6.07, 6.45) is 3.58. The molecular weight excluding hydrogens is 238 g/mol. The summed E-state index contributed by atoms with van der Waals surface area (Å²) in [6.45, 7) is 4.13. The van der Waals surface area contributed by atoms with Gasteiger partial charge in [0.25, 0.3) is 0 Å². The van der Waals surface area contributed by atoms with Gasteiger partial charge in [-0.1, -0.05) is 5.57 Å². The van der Waals surface area contributed by atoms with Crippen molar-refractivity contribution in [3.63, 3.8) is 0 Å².